The number of Topliss-reactive ketones (excluding diaryl/α,β-unsaturated/α-hetero) is 2. The van der Waals surface area contributed by atoms with Gasteiger partial charge in [0.05, 0.1) is 29.7 Å². The molecule has 0 spiro atoms. The first kappa shape index (κ1) is 27.8. The number of rotatable bonds is 5. The van der Waals surface area contributed by atoms with E-state index < -0.39 is 58.4 Å². The summed E-state index contributed by atoms with van der Waals surface area (Å²) < 4.78 is 5.17. The Morgan fingerprint density at radius 1 is 1.20 bits per heavy atom. The van der Waals surface area contributed by atoms with E-state index in [2.05, 4.69) is 0 Å². The molecule has 0 aliphatic heterocycles. The third-order valence-corrected chi connectivity index (χ3v) is 8.71. The van der Waals surface area contributed by atoms with E-state index in [-0.39, 0.29) is 29.7 Å². The predicted molar refractivity (Wildman–Crippen MR) is 142 cm³/mol. The molecular formula is C27H33N5O8. The standard InChI is InChI=1S/C27H33N5O8/c1-31(2)15-8-13(11-5-6-39-10-11)19(33)17-14(15)7-12-9-26(29)22(32(3)4)21(40-30)18(25(28)37)24(36)27(26,38)23(35)16(12)20(17)34/h5-6,8,10,12,18,21-22,33,35,38H,7,9,29-30H2,1-4H3,(H2,28,37)/t12-,18+,21?,22+,26+,27-/m0/s1. The fourth-order valence-electron chi connectivity index (χ4n) is 7.03. The van der Waals surface area contributed by atoms with E-state index in [9.17, 15) is 29.7 Å². The van der Waals surface area contributed by atoms with Crippen LogP contribution in [0, 0.1) is 11.8 Å². The highest BCUT2D eigenvalue weighted by Gasteiger charge is 2.73. The van der Waals surface area contributed by atoms with Crippen molar-refractivity contribution in [3.05, 3.63) is 47.1 Å². The lowest BCUT2D eigenvalue weighted by molar-refractivity contribution is -0.190. The molecule has 9 N–H and O–H groups in total. The number of amides is 1. The first-order valence-electron chi connectivity index (χ1n) is 12.7. The van der Waals surface area contributed by atoms with Gasteiger partial charge in [0.1, 0.15) is 23.5 Å². The van der Waals surface area contributed by atoms with Crippen molar-refractivity contribution < 1.29 is 39.0 Å². The molecule has 5 rings (SSSR count). The largest absolute Gasteiger partial charge is 0.508 e. The van der Waals surface area contributed by atoms with Gasteiger partial charge in [0, 0.05) is 36.5 Å². The van der Waals surface area contributed by atoms with Crippen LogP contribution in [0.3, 0.4) is 0 Å². The van der Waals surface area contributed by atoms with Gasteiger partial charge in [-0.15, -0.1) is 0 Å². The molecule has 13 nitrogen and oxygen atoms in total. The van der Waals surface area contributed by atoms with Crippen molar-refractivity contribution in [3.8, 4) is 16.9 Å². The number of phenolic OH excluding ortho intramolecular Hbond substituents is 1. The molecule has 214 valence electrons. The Bertz CT molecular complexity index is 1450. The van der Waals surface area contributed by atoms with E-state index in [1.807, 2.05) is 0 Å². The molecular weight excluding hydrogens is 522 g/mol. The quantitative estimate of drug-likeness (QED) is 0.205. The number of allylic oxidation sites excluding steroid dienone is 1. The monoisotopic (exact) mass is 555 g/mol. The number of hydrogen-bond acceptors (Lipinski definition) is 12. The van der Waals surface area contributed by atoms with Crippen LogP contribution in [-0.2, 0) is 20.8 Å². The molecule has 1 aromatic heterocycles. The molecule has 0 saturated heterocycles. The first-order valence-corrected chi connectivity index (χ1v) is 12.7. The molecule has 1 aromatic carbocycles. The molecule has 6 atom stereocenters. The number of aromatic hydroxyl groups is 1. The molecule has 0 radical (unpaired) electrons. The highest BCUT2D eigenvalue weighted by molar-refractivity contribution is 6.17. The van der Waals surface area contributed by atoms with Gasteiger partial charge in [-0.05, 0) is 50.6 Å². The number of fused-ring (bicyclic) bond motifs is 3. The van der Waals surface area contributed by atoms with Crippen LogP contribution >= 0.6 is 0 Å². The minimum absolute atomic E-state index is 0.0737. The zero-order valence-electron chi connectivity index (χ0n) is 22.5. The van der Waals surface area contributed by atoms with Crippen LogP contribution in [0.4, 0.5) is 5.69 Å². The maximum Gasteiger partial charge on any atom is 0.230 e. The zero-order chi connectivity index (χ0) is 29.5. The summed E-state index contributed by atoms with van der Waals surface area (Å²) in [6, 6.07) is 2.28. The van der Waals surface area contributed by atoms with Crippen LogP contribution < -0.4 is 22.3 Å². The van der Waals surface area contributed by atoms with Crippen molar-refractivity contribution >= 4 is 23.2 Å². The average molecular weight is 556 g/mol. The van der Waals surface area contributed by atoms with E-state index in [0.717, 1.165) is 0 Å². The minimum Gasteiger partial charge on any atom is -0.508 e. The molecule has 1 amide bonds. The number of benzene rings is 1. The van der Waals surface area contributed by atoms with Crippen LogP contribution in [0.2, 0.25) is 0 Å². The number of phenols is 1. The van der Waals surface area contributed by atoms with Crippen LogP contribution in [-0.4, -0.2) is 89.2 Å². The average Bonchev–Trinajstić information content (AvgIpc) is 3.40. The molecule has 1 fully saturated rings. The highest BCUT2D eigenvalue weighted by Crippen LogP contribution is 2.55. The van der Waals surface area contributed by atoms with Gasteiger partial charge in [0.15, 0.2) is 11.6 Å². The van der Waals surface area contributed by atoms with Crippen molar-refractivity contribution in [1.29, 1.82) is 0 Å². The molecule has 1 heterocycles. The number of likely N-dealkylation sites (N-methyl/N-ethyl adjacent to an activating group) is 1. The normalized spacial score (nSPS) is 31.6. The maximum absolute atomic E-state index is 14.1. The molecule has 1 unspecified atom stereocenters. The smallest absolute Gasteiger partial charge is 0.230 e. The topological polar surface area (TPSA) is 219 Å². The lowest BCUT2D eigenvalue weighted by atomic mass is 9.52. The Morgan fingerprint density at radius 2 is 1.88 bits per heavy atom. The number of carbonyl (C=O) groups is 3. The number of nitrogens with zero attached hydrogens (tertiary/aromatic N) is 2. The number of hydrogen-bond donors (Lipinski definition) is 6. The molecule has 13 heteroatoms. The van der Waals surface area contributed by atoms with E-state index in [1.54, 1.807) is 45.2 Å². The second-order valence-electron chi connectivity index (χ2n) is 11.3. The summed E-state index contributed by atoms with van der Waals surface area (Å²) in [6.07, 6.45) is 1.48. The predicted octanol–water partition coefficient (Wildman–Crippen LogP) is -0.409. The lowest BCUT2D eigenvalue weighted by Crippen LogP contribution is -2.84. The fraction of sp³-hybridized carbons (Fsp3) is 0.444. The Hall–Kier alpha value is -3.75. The summed E-state index contributed by atoms with van der Waals surface area (Å²) in [4.78, 5) is 48.7. The zero-order valence-corrected chi connectivity index (χ0v) is 22.5. The number of ketones is 2. The van der Waals surface area contributed by atoms with Gasteiger partial charge in [-0.2, -0.15) is 0 Å². The molecule has 40 heavy (non-hydrogen) atoms. The molecule has 2 aromatic rings. The van der Waals surface area contributed by atoms with Gasteiger partial charge in [-0.3, -0.25) is 19.2 Å². The van der Waals surface area contributed by atoms with Gasteiger partial charge in [-0.25, -0.2) is 5.90 Å². The maximum atomic E-state index is 14.1. The summed E-state index contributed by atoms with van der Waals surface area (Å²) in [6.45, 7) is 0. The Balaban J connectivity index is 1.78. The third-order valence-electron chi connectivity index (χ3n) is 8.71. The number of furan rings is 1. The minimum atomic E-state index is -2.88. The van der Waals surface area contributed by atoms with Crippen LogP contribution in [0.5, 0.6) is 5.75 Å². The number of aliphatic hydroxyl groups is 2. The molecule has 0 bridgehead atoms. The number of primary amides is 1. The van der Waals surface area contributed by atoms with Crippen LogP contribution in [0.1, 0.15) is 22.3 Å². The van der Waals surface area contributed by atoms with Gasteiger partial charge in [0.2, 0.25) is 11.5 Å². The molecule has 3 aliphatic rings. The van der Waals surface area contributed by atoms with Gasteiger partial charge >= 0.3 is 0 Å². The highest BCUT2D eigenvalue weighted by atomic mass is 16.6. The van der Waals surface area contributed by atoms with Crippen molar-refractivity contribution in [2.75, 3.05) is 33.1 Å². The lowest BCUT2D eigenvalue weighted by Gasteiger charge is -2.60. The molecule has 3 aliphatic carbocycles. The van der Waals surface area contributed by atoms with Crippen molar-refractivity contribution in [2.24, 2.45) is 29.2 Å². The SMILES string of the molecule is CN(C)c1cc(-c2ccoc2)c(O)c2c1C[C@H]1C[C@@]3(N)[C@H](N(C)C)C(ON)[C@@H](C(N)=O)C(=O)[C@@]3(O)C(O)=C1C2=O. The molecule has 1 saturated carbocycles. The second kappa shape index (κ2) is 9.14. The van der Waals surface area contributed by atoms with Gasteiger partial charge < -0.3 is 41.0 Å². The summed E-state index contributed by atoms with van der Waals surface area (Å²) >= 11 is 0. The van der Waals surface area contributed by atoms with Crippen molar-refractivity contribution in [1.82, 2.24) is 4.90 Å². The second-order valence-corrected chi connectivity index (χ2v) is 11.3. The van der Waals surface area contributed by atoms with Crippen LogP contribution in [0.25, 0.3) is 11.1 Å². The van der Waals surface area contributed by atoms with Crippen molar-refractivity contribution in [2.45, 2.75) is 36.1 Å². The first-order chi connectivity index (χ1) is 18.7. The number of carbonyl (C=O) groups excluding carboxylic acids is 3. The van der Waals surface area contributed by atoms with E-state index in [4.69, 9.17) is 26.6 Å². The Morgan fingerprint density at radius 3 is 2.40 bits per heavy atom. The summed E-state index contributed by atoms with van der Waals surface area (Å²) in [5.74, 6) is -1.44. The van der Waals surface area contributed by atoms with Crippen LogP contribution in [0.15, 0.2) is 40.4 Å². The third kappa shape index (κ3) is 3.42. The Labute approximate surface area is 229 Å². The summed E-state index contributed by atoms with van der Waals surface area (Å²) in [5, 5.41) is 35.0. The number of nitrogens with two attached hydrogens (primary N) is 3. The van der Waals surface area contributed by atoms with E-state index in [1.165, 1.54) is 17.4 Å². The summed E-state index contributed by atoms with van der Waals surface area (Å²) in [7, 11) is 6.77. The van der Waals surface area contributed by atoms with Gasteiger partial charge in [0.25, 0.3) is 0 Å². The number of aliphatic hydroxyl groups excluding tert-OH is 1. The van der Waals surface area contributed by atoms with Crippen molar-refractivity contribution in [3.63, 3.8) is 0 Å². The Kier molecular flexibility index (Phi) is 6.36. The number of anilines is 1. The fourth-order valence-corrected chi connectivity index (χ4v) is 7.03. The van der Waals surface area contributed by atoms with Gasteiger partial charge in [-0.1, -0.05) is 0 Å². The van der Waals surface area contributed by atoms with E-state index >= 15 is 0 Å². The van der Waals surface area contributed by atoms with E-state index in [0.29, 0.717) is 22.4 Å². The summed E-state index contributed by atoms with van der Waals surface area (Å²) in [5.41, 5.74) is 9.24.